The number of H-pyrrole nitrogens is 1. The van der Waals surface area contributed by atoms with E-state index < -0.39 is 10.0 Å². The first-order valence-corrected chi connectivity index (χ1v) is 7.71. The number of halogens is 1. The number of nitrogens with two attached hydrogens (primary N) is 1. The molecular weight excluding hydrogens is 302 g/mol. The molecule has 1 aromatic heterocycles. The van der Waals surface area contributed by atoms with Crippen LogP contribution in [-0.4, -0.2) is 30.1 Å². The third-order valence-corrected chi connectivity index (χ3v) is 4.58. The molecule has 0 aliphatic heterocycles. The minimum Gasteiger partial charge on any atom is -0.326 e. The summed E-state index contributed by atoms with van der Waals surface area (Å²) >= 11 is 5.97. The Morgan fingerprint density at radius 3 is 2.80 bits per heavy atom. The van der Waals surface area contributed by atoms with E-state index in [0.717, 1.165) is 5.56 Å². The van der Waals surface area contributed by atoms with E-state index in [0.29, 0.717) is 18.8 Å². The molecule has 0 atom stereocenters. The molecule has 108 valence electrons. The van der Waals surface area contributed by atoms with Crippen LogP contribution in [0.2, 0.25) is 5.02 Å². The second-order valence-electron chi connectivity index (χ2n) is 4.05. The van der Waals surface area contributed by atoms with Gasteiger partial charge >= 0.3 is 0 Å². The molecule has 4 N–H and O–H groups in total. The molecule has 0 radical (unpaired) electrons. The average Bonchev–Trinajstić information content (AvgIpc) is 2.91. The monoisotopic (exact) mass is 315 g/mol. The second kappa shape index (κ2) is 6.31. The van der Waals surface area contributed by atoms with Crippen LogP contribution in [0.4, 0.5) is 0 Å². The van der Waals surface area contributed by atoms with Crippen molar-refractivity contribution in [1.82, 2.24) is 19.9 Å². The van der Waals surface area contributed by atoms with Gasteiger partial charge in [0.25, 0.3) is 0 Å². The van der Waals surface area contributed by atoms with Crippen LogP contribution >= 0.6 is 11.6 Å². The molecule has 1 heterocycles. The van der Waals surface area contributed by atoms with E-state index in [1.165, 1.54) is 12.4 Å². The number of nitrogens with zero attached hydrogens (tertiary/aromatic N) is 2. The van der Waals surface area contributed by atoms with Crippen LogP contribution in [-0.2, 0) is 23.0 Å². The van der Waals surface area contributed by atoms with Crippen molar-refractivity contribution in [3.8, 4) is 0 Å². The van der Waals surface area contributed by atoms with E-state index in [9.17, 15) is 8.42 Å². The Labute approximate surface area is 121 Å². The minimum atomic E-state index is -3.65. The Hall–Kier alpha value is -1.48. The highest BCUT2D eigenvalue weighted by atomic mass is 35.5. The van der Waals surface area contributed by atoms with Crippen LogP contribution in [0.5, 0.6) is 0 Å². The van der Waals surface area contributed by atoms with Crippen molar-refractivity contribution in [2.24, 2.45) is 5.73 Å². The fourth-order valence-electron chi connectivity index (χ4n) is 1.62. The summed E-state index contributed by atoms with van der Waals surface area (Å²) in [7, 11) is -3.65. The van der Waals surface area contributed by atoms with Gasteiger partial charge in [0.2, 0.25) is 10.0 Å². The van der Waals surface area contributed by atoms with Crippen LogP contribution in [0.1, 0.15) is 11.4 Å². The molecule has 20 heavy (non-hydrogen) atoms. The van der Waals surface area contributed by atoms with Crippen LogP contribution in [0.25, 0.3) is 0 Å². The Morgan fingerprint density at radius 1 is 1.40 bits per heavy atom. The summed E-state index contributed by atoms with van der Waals surface area (Å²) in [6.07, 6.45) is 1.78. The highest BCUT2D eigenvalue weighted by Crippen LogP contribution is 2.22. The van der Waals surface area contributed by atoms with Crippen LogP contribution in [0.3, 0.4) is 0 Å². The lowest BCUT2D eigenvalue weighted by molar-refractivity contribution is 0.581. The van der Waals surface area contributed by atoms with E-state index in [-0.39, 0.29) is 16.5 Å². The van der Waals surface area contributed by atoms with Crippen molar-refractivity contribution < 1.29 is 8.42 Å². The first-order valence-electron chi connectivity index (χ1n) is 5.85. The van der Waals surface area contributed by atoms with Crippen LogP contribution in [0, 0.1) is 0 Å². The molecule has 0 amide bonds. The Kier molecular flexibility index (Phi) is 4.71. The van der Waals surface area contributed by atoms with Crippen molar-refractivity contribution in [1.29, 1.82) is 0 Å². The summed E-state index contributed by atoms with van der Waals surface area (Å²) in [5, 5.41) is 6.49. The third kappa shape index (κ3) is 3.54. The molecule has 2 rings (SSSR count). The van der Waals surface area contributed by atoms with E-state index in [1.54, 1.807) is 12.1 Å². The molecule has 0 unspecified atom stereocenters. The highest BCUT2D eigenvalue weighted by molar-refractivity contribution is 7.89. The van der Waals surface area contributed by atoms with Crippen molar-refractivity contribution >= 4 is 21.6 Å². The maximum Gasteiger partial charge on any atom is 0.242 e. The zero-order valence-corrected chi connectivity index (χ0v) is 12.1. The standard InChI is InChI=1S/C11H14ClN5O2S/c12-9-5-8(6-13)1-2-10(9)20(18,19)16-4-3-11-14-7-15-17-11/h1-2,5,7,16H,3-4,6,13H2,(H,14,15,17). The number of aromatic amines is 1. The molecule has 0 saturated carbocycles. The number of rotatable bonds is 6. The quantitative estimate of drug-likeness (QED) is 0.715. The van der Waals surface area contributed by atoms with E-state index >= 15 is 0 Å². The Morgan fingerprint density at radius 2 is 2.20 bits per heavy atom. The van der Waals surface area contributed by atoms with Gasteiger partial charge in [0, 0.05) is 19.5 Å². The van der Waals surface area contributed by atoms with Gasteiger partial charge in [-0.2, -0.15) is 5.10 Å². The van der Waals surface area contributed by atoms with Gasteiger partial charge in [-0.05, 0) is 17.7 Å². The van der Waals surface area contributed by atoms with E-state index in [1.807, 2.05) is 0 Å². The normalized spacial score (nSPS) is 11.7. The number of hydrogen-bond donors (Lipinski definition) is 3. The largest absolute Gasteiger partial charge is 0.326 e. The predicted molar refractivity (Wildman–Crippen MR) is 74.6 cm³/mol. The SMILES string of the molecule is NCc1ccc(S(=O)(=O)NCCc2ncn[nH]2)c(Cl)c1. The Balaban J connectivity index is 2.06. The van der Waals surface area contributed by atoms with Crippen molar-refractivity contribution in [2.45, 2.75) is 17.9 Å². The number of aromatic nitrogens is 3. The topological polar surface area (TPSA) is 114 Å². The summed E-state index contributed by atoms with van der Waals surface area (Å²) in [4.78, 5) is 3.94. The summed E-state index contributed by atoms with van der Waals surface area (Å²) in [6.45, 7) is 0.505. The number of hydrogen-bond acceptors (Lipinski definition) is 5. The van der Waals surface area contributed by atoms with E-state index in [4.69, 9.17) is 17.3 Å². The summed E-state index contributed by atoms with van der Waals surface area (Å²) in [5.41, 5.74) is 6.25. The molecule has 0 spiro atoms. The number of benzene rings is 1. The lowest BCUT2D eigenvalue weighted by Gasteiger charge is -2.08. The first-order chi connectivity index (χ1) is 9.53. The Bertz CT molecular complexity index is 672. The fraction of sp³-hybridized carbons (Fsp3) is 0.273. The first kappa shape index (κ1) is 14.9. The molecule has 0 aliphatic carbocycles. The lowest BCUT2D eigenvalue weighted by atomic mass is 10.2. The van der Waals surface area contributed by atoms with Gasteiger partial charge in [-0.3, -0.25) is 5.10 Å². The smallest absolute Gasteiger partial charge is 0.242 e. The van der Waals surface area contributed by atoms with Gasteiger partial charge in [0.1, 0.15) is 17.0 Å². The average molecular weight is 316 g/mol. The van der Waals surface area contributed by atoms with Crippen LogP contribution in [0.15, 0.2) is 29.4 Å². The zero-order chi connectivity index (χ0) is 14.6. The maximum atomic E-state index is 12.1. The zero-order valence-electron chi connectivity index (χ0n) is 10.5. The van der Waals surface area contributed by atoms with Gasteiger partial charge in [-0.1, -0.05) is 17.7 Å². The molecule has 9 heteroatoms. The minimum absolute atomic E-state index is 0.0361. The summed E-state index contributed by atoms with van der Waals surface area (Å²) in [5.74, 6) is 0.609. The van der Waals surface area contributed by atoms with Gasteiger partial charge < -0.3 is 5.73 Å². The number of sulfonamides is 1. The maximum absolute atomic E-state index is 12.1. The van der Waals surface area contributed by atoms with Gasteiger partial charge in [0.05, 0.1) is 5.02 Å². The molecule has 0 bridgehead atoms. The fourth-order valence-corrected chi connectivity index (χ4v) is 3.22. The van der Waals surface area contributed by atoms with Crippen LogP contribution < -0.4 is 10.5 Å². The third-order valence-electron chi connectivity index (χ3n) is 2.64. The van der Waals surface area contributed by atoms with Gasteiger partial charge in [0.15, 0.2) is 0 Å². The lowest BCUT2D eigenvalue weighted by Crippen LogP contribution is -2.26. The molecule has 7 nitrogen and oxygen atoms in total. The van der Waals surface area contributed by atoms with Crippen molar-refractivity contribution in [3.05, 3.63) is 40.9 Å². The van der Waals surface area contributed by atoms with Gasteiger partial charge in [-0.15, -0.1) is 0 Å². The summed E-state index contributed by atoms with van der Waals surface area (Å²) < 4.78 is 26.7. The highest BCUT2D eigenvalue weighted by Gasteiger charge is 2.17. The molecule has 2 aromatic rings. The number of nitrogens with one attached hydrogen (secondary N) is 2. The molecule has 1 aromatic carbocycles. The molecule has 0 fully saturated rings. The van der Waals surface area contributed by atoms with Crippen molar-refractivity contribution in [3.63, 3.8) is 0 Å². The van der Waals surface area contributed by atoms with E-state index in [2.05, 4.69) is 19.9 Å². The predicted octanol–water partition coefficient (Wildman–Crippen LogP) is 0.438. The molecular formula is C11H14ClN5O2S. The molecule has 0 saturated heterocycles. The second-order valence-corrected chi connectivity index (χ2v) is 6.19. The molecule has 0 aliphatic rings. The van der Waals surface area contributed by atoms with Crippen molar-refractivity contribution in [2.75, 3.05) is 6.54 Å². The summed E-state index contributed by atoms with van der Waals surface area (Å²) in [6, 6.07) is 4.63. The van der Waals surface area contributed by atoms with Gasteiger partial charge in [-0.25, -0.2) is 18.1 Å².